The molecule has 0 saturated carbocycles. The molecule has 0 amide bonds. The Morgan fingerprint density at radius 1 is 1.56 bits per heavy atom. The van der Waals surface area contributed by atoms with E-state index in [1.165, 1.54) is 7.11 Å². The first kappa shape index (κ1) is 12.5. The van der Waals surface area contributed by atoms with Gasteiger partial charge in [-0.1, -0.05) is 12.1 Å². The Balaban J connectivity index is 2.88. The van der Waals surface area contributed by atoms with Crippen LogP contribution in [-0.4, -0.2) is 23.7 Å². The number of phenolic OH excluding ortho intramolecular Hbond substituents is 1. The molecule has 0 saturated heterocycles. The summed E-state index contributed by atoms with van der Waals surface area (Å²) in [5.41, 5.74) is 6.47. The highest BCUT2D eigenvalue weighted by atomic mass is 16.5. The van der Waals surface area contributed by atoms with E-state index in [1.54, 1.807) is 26.0 Å². The summed E-state index contributed by atoms with van der Waals surface area (Å²) >= 11 is 0. The molecule has 88 valence electrons. The molecule has 1 atom stereocenters. The highest BCUT2D eigenvalue weighted by Gasteiger charge is 2.29. The molecule has 0 heterocycles. The van der Waals surface area contributed by atoms with Crippen molar-refractivity contribution in [3.63, 3.8) is 0 Å². The lowest BCUT2D eigenvalue weighted by molar-refractivity contribution is -0.146. The van der Waals surface area contributed by atoms with Crippen molar-refractivity contribution in [2.75, 3.05) is 7.11 Å². The summed E-state index contributed by atoms with van der Waals surface area (Å²) in [6.07, 6.45) is 0.376. The standard InChI is InChI=1S/C12H17NO3/c1-8-6-9(4-5-10(8)14)7-12(2,13)11(15)16-3/h4-6,14H,7,13H2,1-3H3/t12-/m0/s1. The van der Waals surface area contributed by atoms with E-state index in [0.717, 1.165) is 11.1 Å². The molecule has 0 spiro atoms. The monoisotopic (exact) mass is 223 g/mol. The second kappa shape index (κ2) is 4.53. The number of phenols is 1. The third-order valence-corrected chi connectivity index (χ3v) is 2.48. The Hall–Kier alpha value is -1.55. The number of aromatic hydroxyl groups is 1. The fraction of sp³-hybridized carbons (Fsp3) is 0.417. The predicted molar refractivity (Wildman–Crippen MR) is 61.2 cm³/mol. The Morgan fingerprint density at radius 3 is 2.69 bits per heavy atom. The van der Waals surface area contributed by atoms with Gasteiger partial charge in [0.05, 0.1) is 7.11 Å². The molecule has 0 aliphatic rings. The molecule has 3 N–H and O–H groups in total. The second-order valence-electron chi connectivity index (χ2n) is 4.21. The average molecular weight is 223 g/mol. The summed E-state index contributed by atoms with van der Waals surface area (Å²) in [5.74, 6) is -0.209. The predicted octanol–water partition coefficient (Wildman–Crippen LogP) is 1.13. The zero-order chi connectivity index (χ0) is 12.3. The van der Waals surface area contributed by atoms with Crippen LogP contribution in [-0.2, 0) is 16.0 Å². The van der Waals surface area contributed by atoms with E-state index in [1.807, 2.05) is 6.07 Å². The van der Waals surface area contributed by atoms with Crippen LogP contribution in [0.3, 0.4) is 0 Å². The average Bonchev–Trinajstić information content (AvgIpc) is 2.22. The molecule has 0 radical (unpaired) electrons. The normalized spacial score (nSPS) is 14.2. The lowest BCUT2D eigenvalue weighted by atomic mass is 9.93. The largest absolute Gasteiger partial charge is 0.508 e. The number of rotatable bonds is 3. The fourth-order valence-corrected chi connectivity index (χ4v) is 1.56. The summed E-state index contributed by atoms with van der Waals surface area (Å²) < 4.78 is 4.63. The Labute approximate surface area is 95.0 Å². The van der Waals surface area contributed by atoms with Crippen molar-refractivity contribution in [3.8, 4) is 5.75 Å². The van der Waals surface area contributed by atoms with Crippen LogP contribution in [0.15, 0.2) is 18.2 Å². The third-order valence-electron chi connectivity index (χ3n) is 2.48. The number of esters is 1. The first-order valence-electron chi connectivity index (χ1n) is 5.02. The molecule has 0 aromatic heterocycles. The SMILES string of the molecule is COC(=O)[C@@](C)(N)Cc1ccc(O)c(C)c1. The number of aryl methyl sites for hydroxylation is 1. The number of benzene rings is 1. The molecular formula is C12H17NO3. The van der Waals surface area contributed by atoms with Gasteiger partial charge in [-0.3, -0.25) is 4.79 Å². The van der Waals surface area contributed by atoms with Gasteiger partial charge >= 0.3 is 5.97 Å². The Bertz CT molecular complexity index is 399. The van der Waals surface area contributed by atoms with Crippen molar-refractivity contribution >= 4 is 5.97 Å². The van der Waals surface area contributed by atoms with E-state index in [4.69, 9.17) is 5.73 Å². The number of carbonyl (C=O) groups excluding carboxylic acids is 1. The molecule has 0 aliphatic heterocycles. The molecule has 1 aromatic carbocycles. The highest BCUT2D eigenvalue weighted by Crippen LogP contribution is 2.20. The third kappa shape index (κ3) is 2.73. The molecule has 1 aromatic rings. The highest BCUT2D eigenvalue weighted by molar-refractivity contribution is 5.80. The van der Waals surface area contributed by atoms with Crippen LogP contribution in [0.4, 0.5) is 0 Å². The van der Waals surface area contributed by atoms with Gasteiger partial charge in [-0.05, 0) is 31.0 Å². The van der Waals surface area contributed by atoms with E-state index in [9.17, 15) is 9.90 Å². The lowest BCUT2D eigenvalue weighted by Crippen LogP contribution is -2.47. The van der Waals surface area contributed by atoms with Crippen molar-refractivity contribution in [1.29, 1.82) is 0 Å². The summed E-state index contributed by atoms with van der Waals surface area (Å²) in [6, 6.07) is 5.15. The van der Waals surface area contributed by atoms with Gasteiger partial charge in [0.1, 0.15) is 11.3 Å². The number of hydrogen-bond acceptors (Lipinski definition) is 4. The zero-order valence-electron chi connectivity index (χ0n) is 9.78. The molecule has 0 fully saturated rings. The van der Waals surface area contributed by atoms with E-state index >= 15 is 0 Å². The van der Waals surface area contributed by atoms with Crippen molar-refractivity contribution in [3.05, 3.63) is 29.3 Å². The summed E-state index contributed by atoms with van der Waals surface area (Å²) in [6.45, 7) is 3.42. The minimum Gasteiger partial charge on any atom is -0.508 e. The van der Waals surface area contributed by atoms with Gasteiger partial charge in [0, 0.05) is 6.42 Å². The minimum absolute atomic E-state index is 0.237. The Kier molecular flexibility index (Phi) is 3.55. The minimum atomic E-state index is -1.04. The van der Waals surface area contributed by atoms with Gasteiger partial charge in [-0.25, -0.2) is 0 Å². The summed E-state index contributed by atoms with van der Waals surface area (Å²) in [4.78, 5) is 11.4. The van der Waals surface area contributed by atoms with E-state index in [2.05, 4.69) is 4.74 Å². The van der Waals surface area contributed by atoms with Crippen LogP contribution < -0.4 is 5.73 Å². The molecule has 0 bridgehead atoms. The molecule has 1 rings (SSSR count). The van der Waals surface area contributed by atoms with Crippen LogP contribution in [0.5, 0.6) is 5.75 Å². The topological polar surface area (TPSA) is 72.5 Å². The van der Waals surface area contributed by atoms with E-state index in [0.29, 0.717) is 6.42 Å². The zero-order valence-corrected chi connectivity index (χ0v) is 9.78. The van der Waals surface area contributed by atoms with Gasteiger partial charge in [0.15, 0.2) is 0 Å². The quantitative estimate of drug-likeness (QED) is 0.753. The van der Waals surface area contributed by atoms with Gasteiger partial charge in [0.2, 0.25) is 0 Å². The van der Waals surface area contributed by atoms with Crippen molar-refractivity contribution in [2.24, 2.45) is 5.73 Å². The molecule has 0 aliphatic carbocycles. The van der Waals surface area contributed by atoms with Crippen molar-refractivity contribution in [2.45, 2.75) is 25.8 Å². The second-order valence-corrected chi connectivity index (χ2v) is 4.21. The van der Waals surface area contributed by atoms with Crippen LogP contribution in [0.25, 0.3) is 0 Å². The number of carbonyl (C=O) groups is 1. The number of hydrogen-bond donors (Lipinski definition) is 2. The number of methoxy groups -OCH3 is 1. The van der Waals surface area contributed by atoms with Crippen LogP contribution in [0.1, 0.15) is 18.1 Å². The summed E-state index contributed by atoms with van der Waals surface area (Å²) in [7, 11) is 1.31. The van der Waals surface area contributed by atoms with E-state index in [-0.39, 0.29) is 5.75 Å². The maximum atomic E-state index is 11.4. The van der Waals surface area contributed by atoms with Crippen LogP contribution in [0, 0.1) is 6.92 Å². The molecule has 16 heavy (non-hydrogen) atoms. The van der Waals surface area contributed by atoms with Gasteiger partial charge in [0.25, 0.3) is 0 Å². The van der Waals surface area contributed by atoms with Crippen molar-refractivity contribution in [1.82, 2.24) is 0 Å². The number of ether oxygens (including phenoxy) is 1. The Morgan fingerprint density at radius 2 is 2.19 bits per heavy atom. The maximum Gasteiger partial charge on any atom is 0.325 e. The van der Waals surface area contributed by atoms with Gasteiger partial charge < -0.3 is 15.6 Å². The first-order chi connectivity index (χ1) is 7.36. The maximum absolute atomic E-state index is 11.4. The van der Waals surface area contributed by atoms with Crippen molar-refractivity contribution < 1.29 is 14.6 Å². The smallest absolute Gasteiger partial charge is 0.325 e. The molecule has 4 heteroatoms. The van der Waals surface area contributed by atoms with Crippen LogP contribution >= 0.6 is 0 Å². The van der Waals surface area contributed by atoms with Gasteiger partial charge in [-0.15, -0.1) is 0 Å². The molecule has 4 nitrogen and oxygen atoms in total. The lowest BCUT2D eigenvalue weighted by Gasteiger charge is -2.21. The first-order valence-corrected chi connectivity index (χ1v) is 5.02. The summed E-state index contributed by atoms with van der Waals surface area (Å²) in [5, 5.41) is 9.37. The number of nitrogens with two attached hydrogens (primary N) is 1. The van der Waals surface area contributed by atoms with Crippen LogP contribution in [0.2, 0.25) is 0 Å². The fourth-order valence-electron chi connectivity index (χ4n) is 1.56. The molecular weight excluding hydrogens is 206 g/mol. The van der Waals surface area contributed by atoms with Gasteiger partial charge in [-0.2, -0.15) is 0 Å². The van der Waals surface area contributed by atoms with E-state index < -0.39 is 11.5 Å². The molecule has 0 unspecified atom stereocenters.